The molecule has 0 spiro atoms. The van der Waals surface area contributed by atoms with Crippen LogP contribution in [0.4, 0.5) is 0 Å². The van der Waals surface area contributed by atoms with E-state index in [1.807, 2.05) is 6.92 Å². The molecule has 0 N–H and O–H groups in total. The molecule has 38 heavy (non-hydrogen) atoms. The molecule has 0 aliphatic rings. The molecule has 4 aromatic heterocycles. The average molecular weight is 708 g/mol. The fourth-order valence-corrected chi connectivity index (χ4v) is 6.47. The lowest BCUT2D eigenvalue weighted by molar-refractivity contribution is 0.0809. The summed E-state index contributed by atoms with van der Waals surface area (Å²) < 4.78 is 15.8. The largest absolute Gasteiger partial charge is 0.359 e. The highest BCUT2D eigenvalue weighted by Crippen LogP contribution is 2.26. The molecule has 208 valence electrons. The Bertz CT molecular complexity index is 1260. The van der Waals surface area contributed by atoms with Crippen LogP contribution in [-0.2, 0) is 22.9 Å². The van der Waals surface area contributed by atoms with E-state index in [1.54, 1.807) is 33.9 Å². The number of halogens is 3. The van der Waals surface area contributed by atoms with Crippen molar-refractivity contribution in [2.45, 2.75) is 71.8 Å². The van der Waals surface area contributed by atoms with E-state index in [9.17, 15) is 0 Å². The minimum atomic E-state index is -1.05. The number of aryl methyl sites for hydroxylation is 1. The van der Waals surface area contributed by atoms with Crippen LogP contribution in [-0.4, -0.2) is 58.9 Å². The summed E-state index contributed by atoms with van der Waals surface area (Å²) in [6.45, 7) is 18.4. The Morgan fingerprint density at radius 1 is 0.763 bits per heavy atom. The van der Waals surface area contributed by atoms with Crippen molar-refractivity contribution in [2.24, 2.45) is 0 Å². The SMILES string of the molecule is C[Si](C)(C)CCOCn1nc(I)c2c(Cl)ccnc21.Cc1nn(COCC[Si](C)(C)C)c2nccc(Cl)c12. The maximum atomic E-state index is 6.17. The molecule has 0 aliphatic heterocycles. The lowest BCUT2D eigenvalue weighted by Crippen LogP contribution is -2.22. The average Bonchev–Trinajstić information content (AvgIpc) is 3.31. The predicted molar refractivity (Wildman–Crippen MR) is 171 cm³/mol. The predicted octanol–water partition coefficient (Wildman–Crippen LogP) is 7.71. The van der Waals surface area contributed by atoms with Crippen LogP contribution in [0.15, 0.2) is 24.5 Å². The van der Waals surface area contributed by atoms with Crippen molar-refractivity contribution in [3.63, 3.8) is 0 Å². The van der Waals surface area contributed by atoms with E-state index >= 15 is 0 Å². The smallest absolute Gasteiger partial charge is 0.162 e. The quantitative estimate of drug-likeness (QED) is 0.0955. The Morgan fingerprint density at radius 3 is 1.71 bits per heavy atom. The van der Waals surface area contributed by atoms with Gasteiger partial charge in [0.15, 0.2) is 11.3 Å². The summed E-state index contributed by atoms with van der Waals surface area (Å²) in [7, 11) is -2.09. The van der Waals surface area contributed by atoms with E-state index < -0.39 is 16.1 Å². The van der Waals surface area contributed by atoms with E-state index in [0.717, 1.165) is 56.8 Å². The van der Waals surface area contributed by atoms with E-state index in [2.05, 4.69) is 82.0 Å². The fraction of sp³-hybridized carbons (Fsp3) is 0.520. The molecule has 0 unspecified atom stereocenters. The molecule has 0 amide bonds. The summed E-state index contributed by atoms with van der Waals surface area (Å²) in [5.74, 6) is 0. The zero-order valence-corrected chi connectivity index (χ0v) is 28.9. The summed E-state index contributed by atoms with van der Waals surface area (Å²) in [6.07, 6.45) is 3.39. The molecule has 0 fully saturated rings. The molecular weight excluding hydrogens is 670 g/mol. The second kappa shape index (κ2) is 13.5. The second-order valence-electron chi connectivity index (χ2n) is 11.6. The van der Waals surface area contributed by atoms with Crippen LogP contribution in [0.2, 0.25) is 61.4 Å². The van der Waals surface area contributed by atoms with Crippen molar-refractivity contribution in [2.75, 3.05) is 13.2 Å². The minimum Gasteiger partial charge on any atom is -0.359 e. The second-order valence-corrected chi connectivity index (χ2v) is 24.6. The Morgan fingerprint density at radius 2 is 1.21 bits per heavy atom. The van der Waals surface area contributed by atoms with Crippen LogP contribution in [0, 0.1) is 10.6 Å². The first-order chi connectivity index (χ1) is 17.8. The lowest BCUT2D eigenvalue weighted by Gasteiger charge is -2.15. The summed E-state index contributed by atoms with van der Waals surface area (Å²) in [6, 6.07) is 5.87. The highest BCUT2D eigenvalue weighted by molar-refractivity contribution is 14.1. The molecule has 4 rings (SSSR count). The van der Waals surface area contributed by atoms with Gasteiger partial charge in [0.2, 0.25) is 0 Å². The summed E-state index contributed by atoms with van der Waals surface area (Å²) >= 11 is 14.5. The number of pyridine rings is 2. The van der Waals surface area contributed by atoms with Gasteiger partial charge in [-0.1, -0.05) is 62.5 Å². The van der Waals surface area contributed by atoms with Crippen LogP contribution < -0.4 is 0 Å². The third kappa shape index (κ3) is 8.96. The first-order valence-corrected chi connectivity index (χ1v) is 21.8. The summed E-state index contributed by atoms with van der Waals surface area (Å²) in [5, 5.41) is 12.1. The summed E-state index contributed by atoms with van der Waals surface area (Å²) in [5.41, 5.74) is 2.46. The van der Waals surface area contributed by atoms with Gasteiger partial charge in [-0.2, -0.15) is 10.2 Å². The standard InChI is InChI=1S/C13H20ClN3OSi.C12H17ClIN3OSi/c1-10-12-11(14)5-6-15-13(12)17(16-10)9-18-7-8-19(2,3)4;1-19(2,3)7-6-18-8-17-12-10(11(14)16-17)9(13)4-5-15-12/h5-6H,7-9H2,1-4H3;4-5H,6-8H2,1-3H3. The van der Waals surface area contributed by atoms with Crippen LogP contribution in [0.1, 0.15) is 5.69 Å². The van der Waals surface area contributed by atoms with Gasteiger partial charge in [0.1, 0.15) is 17.2 Å². The monoisotopic (exact) mass is 706 g/mol. The Kier molecular flexibility index (Phi) is 11.2. The minimum absolute atomic E-state index is 0.428. The van der Waals surface area contributed by atoms with E-state index in [1.165, 1.54) is 0 Å². The van der Waals surface area contributed by atoms with Crippen molar-refractivity contribution >= 4 is 84.0 Å². The van der Waals surface area contributed by atoms with Crippen LogP contribution in [0.3, 0.4) is 0 Å². The maximum Gasteiger partial charge on any atom is 0.162 e. The third-order valence-electron chi connectivity index (χ3n) is 5.72. The molecule has 8 nitrogen and oxygen atoms in total. The first-order valence-electron chi connectivity index (χ1n) is 12.6. The molecule has 13 heteroatoms. The van der Waals surface area contributed by atoms with Gasteiger partial charge in [-0.25, -0.2) is 19.3 Å². The van der Waals surface area contributed by atoms with Gasteiger partial charge in [0.05, 0.1) is 26.5 Å². The van der Waals surface area contributed by atoms with E-state index in [0.29, 0.717) is 23.5 Å². The van der Waals surface area contributed by atoms with Crippen molar-refractivity contribution in [3.8, 4) is 0 Å². The molecule has 0 atom stereocenters. The molecule has 4 aromatic rings. The number of fused-ring (bicyclic) bond motifs is 2. The molecule has 0 saturated heterocycles. The van der Waals surface area contributed by atoms with Gasteiger partial charge >= 0.3 is 0 Å². The van der Waals surface area contributed by atoms with Crippen molar-refractivity contribution in [3.05, 3.63) is 44.0 Å². The zero-order chi connectivity index (χ0) is 28.1. The molecule has 4 heterocycles. The molecule has 0 aromatic carbocycles. The zero-order valence-electron chi connectivity index (χ0n) is 23.2. The van der Waals surface area contributed by atoms with E-state index in [-0.39, 0.29) is 0 Å². The van der Waals surface area contributed by atoms with Gasteiger partial charge in [0.25, 0.3) is 0 Å². The maximum absolute atomic E-state index is 6.17. The number of hydrogen-bond donors (Lipinski definition) is 0. The molecular formula is C25H37Cl2IN6O2Si2. The lowest BCUT2D eigenvalue weighted by atomic mass is 10.3. The van der Waals surface area contributed by atoms with Crippen LogP contribution in [0.5, 0.6) is 0 Å². The number of aromatic nitrogens is 6. The normalized spacial score (nSPS) is 12.3. The van der Waals surface area contributed by atoms with Crippen molar-refractivity contribution in [1.29, 1.82) is 0 Å². The topological polar surface area (TPSA) is 79.9 Å². The van der Waals surface area contributed by atoms with Gasteiger partial charge in [-0.15, -0.1) is 0 Å². The number of rotatable bonds is 10. The van der Waals surface area contributed by atoms with Crippen LogP contribution >= 0.6 is 45.8 Å². The highest BCUT2D eigenvalue weighted by Gasteiger charge is 2.16. The molecule has 0 radical (unpaired) electrons. The molecule has 0 bridgehead atoms. The Hall–Kier alpha value is -1.10. The Balaban J connectivity index is 0.000000211. The number of ether oxygens (including phenoxy) is 2. The summed E-state index contributed by atoms with van der Waals surface area (Å²) in [4.78, 5) is 8.67. The number of hydrogen-bond acceptors (Lipinski definition) is 6. The molecule has 0 saturated carbocycles. The third-order valence-corrected chi connectivity index (χ3v) is 10.5. The van der Waals surface area contributed by atoms with Crippen molar-refractivity contribution in [1.82, 2.24) is 29.5 Å². The number of nitrogens with zero attached hydrogens (tertiary/aromatic N) is 6. The fourth-order valence-electron chi connectivity index (χ4n) is 3.49. The van der Waals surface area contributed by atoms with E-state index in [4.69, 9.17) is 32.7 Å². The van der Waals surface area contributed by atoms with Gasteiger partial charge in [-0.3, -0.25) is 0 Å². The van der Waals surface area contributed by atoms with Gasteiger partial charge in [-0.05, 0) is 53.7 Å². The van der Waals surface area contributed by atoms with Crippen molar-refractivity contribution < 1.29 is 9.47 Å². The first kappa shape index (κ1) is 31.4. The Labute approximate surface area is 250 Å². The molecule has 0 aliphatic carbocycles. The van der Waals surface area contributed by atoms with Crippen LogP contribution in [0.25, 0.3) is 22.1 Å². The van der Waals surface area contributed by atoms with Gasteiger partial charge in [0, 0.05) is 41.8 Å². The van der Waals surface area contributed by atoms with Gasteiger partial charge < -0.3 is 9.47 Å². The highest BCUT2D eigenvalue weighted by atomic mass is 127.